The third kappa shape index (κ3) is 4.34. The zero-order chi connectivity index (χ0) is 9.78. The first kappa shape index (κ1) is 11.4. The Kier molecular flexibility index (Phi) is 4.24. The van der Waals surface area contributed by atoms with Crippen LogP contribution in [0, 0.1) is 0 Å². The van der Waals surface area contributed by atoms with E-state index in [0.717, 1.165) is 12.8 Å². The lowest BCUT2D eigenvalue weighted by molar-refractivity contribution is -0.125. The molecule has 0 bridgehead atoms. The Morgan fingerprint density at radius 1 is 1.58 bits per heavy atom. The predicted octanol–water partition coefficient (Wildman–Crippen LogP) is 1.03. The van der Waals surface area contributed by atoms with Crippen molar-refractivity contribution in [3.8, 4) is 0 Å². The molecule has 0 rings (SSSR count). The highest BCUT2D eigenvalue weighted by atomic mass is 16.2. The third-order valence-electron chi connectivity index (χ3n) is 1.68. The fourth-order valence-corrected chi connectivity index (χ4v) is 0.915. The molecule has 0 aromatic rings. The number of carbonyl (C=O) groups excluding carboxylic acids is 1. The van der Waals surface area contributed by atoms with Crippen molar-refractivity contribution in [2.45, 2.75) is 52.1 Å². The van der Waals surface area contributed by atoms with Crippen molar-refractivity contribution in [1.29, 1.82) is 0 Å². The normalized spacial score (nSPS) is 14.1. The van der Waals surface area contributed by atoms with E-state index in [2.05, 4.69) is 12.2 Å². The van der Waals surface area contributed by atoms with Gasteiger partial charge in [-0.05, 0) is 27.2 Å². The summed E-state index contributed by atoms with van der Waals surface area (Å²) >= 11 is 0. The van der Waals surface area contributed by atoms with Crippen molar-refractivity contribution in [2.75, 3.05) is 0 Å². The molecule has 0 aliphatic carbocycles. The Morgan fingerprint density at radius 2 is 2.08 bits per heavy atom. The molecule has 0 aromatic heterocycles. The standard InChI is InChI=1S/C9H20N2O/c1-5-6-7(2)11-8(12)9(3,4)10/h7H,5-6,10H2,1-4H3,(H,11,12). The molecule has 0 aliphatic rings. The van der Waals surface area contributed by atoms with Gasteiger partial charge >= 0.3 is 0 Å². The summed E-state index contributed by atoms with van der Waals surface area (Å²) in [5, 5.41) is 2.86. The Hall–Kier alpha value is -0.570. The summed E-state index contributed by atoms with van der Waals surface area (Å²) in [6, 6.07) is 0.227. The Balaban J connectivity index is 3.85. The Bertz CT molecular complexity index is 149. The minimum atomic E-state index is -0.762. The van der Waals surface area contributed by atoms with E-state index in [9.17, 15) is 4.79 Å². The van der Waals surface area contributed by atoms with Crippen LogP contribution in [-0.2, 0) is 4.79 Å². The van der Waals surface area contributed by atoms with Gasteiger partial charge < -0.3 is 11.1 Å². The molecular weight excluding hydrogens is 152 g/mol. The van der Waals surface area contributed by atoms with Crippen LogP contribution in [0.4, 0.5) is 0 Å². The number of rotatable bonds is 4. The summed E-state index contributed by atoms with van der Waals surface area (Å²) < 4.78 is 0. The number of carbonyl (C=O) groups is 1. The maximum atomic E-state index is 11.3. The lowest BCUT2D eigenvalue weighted by Gasteiger charge is -2.21. The van der Waals surface area contributed by atoms with Gasteiger partial charge in [0.05, 0.1) is 5.54 Å². The quantitative estimate of drug-likeness (QED) is 0.665. The van der Waals surface area contributed by atoms with Crippen LogP contribution in [0.15, 0.2) is 0 Å². The first-order valence-corrected chi connectivity index (χ1v) is 4.47. The molecule has 0 spiro atoms. The van der Waals surface area contributed by atoms with Crippen LogP contribution in [0.5, 0.6) is 0 Å². The highest BCUT2D eigenvalue weighted by molar-refractivity contribution is 5.85. The molecule has 1 atom stereocenters. The van der Waals surface area contributed by atoms with Gasteiger partial charge in [-0.3, -0.25) is 4.79 Å². The highest BCUT2D eigenvalue weighted by Crippen LogP contribution is 2.00. The van der Waals surface area contributed by atoms with Crippen molar-refractivity contribution in [3.05, 3.63) is 0 Å². The highest BCUT2D eigenvalue weighted by Gasteiger charge is 2.22. The molecule has 3 nitrogen and oxygen atoms in total. The topological polar surface area (TPSA) is 55.1 Å². The molecule has 0 saturated heterocycles. The van der Waals surface area contributed by atoms with Gasteiger partial charge in [0.1, 0.15) is 0 Å². The molecule has 0 aliphatic heterocycles. The minimum Gasteiger partial charge on any atom is -0.352 e. The average molecular weight is 172 g/mol. The Morgan fingerprint density at radius 3 is 2.42 bits per heavy atom. The molecule has 1 amide bonds. The summed E-state index contributed by atoms with van der Waals surface area (Å²) in [6.07, 6.45) is 2.08. The second-order valence-electron chi connectivity index (χ2n) is 3.88. The Labute approximate surface area is 74.7 Å². The molecule has 3 heteroatoms. The van der Waals surface area contributed by atoms with E-state index in [-0.39, 0.29) is 11.9 Å². The van der Waals surface area contributed by atoms with Crippen molar-refractivity contribution in [3.63, 3.8) is 0 Å². The monoisotopic (exact) mass is 172 g/mol. The van der Waals surface area contributed by atoms with Crippen LogP contribution in [-0.4, -0.2) is 17.5 Å². The van der Waals surface area contributed by atoms with Gasteiger partial charge in [0.15, 0.2) is 0 Å². The second-order valence-corrected chi connectivity index (χ2v) is 3.88. The number of nitrogens with one attached hydrogen (secondary N) is 1. The molecule has 12 heavy (non-hydrogen) atoms. The van der Waals surface area contributed by atoms with Crippen LogP contribution in [0.1, 0.15) is 40.5 Å². The van der Waals surface area contributed by atoms with E-state index in [4.69, 9.17) is 5.73 Å². The van der Waals surface area contributed by atoms with Gasteiger partial charge in [0, 0.05) is 6.04 Å². The van der Waals surface area contributed by atoms with E-state index in [1.54, 1.807) is 13.8 Å². The number of nitrogens with two attached hydrogens (primary N) is 1. The van der Waals surface area contributed by atoms with E-state index in [1.807, 2.05) is 6.92 Å². The molecule has 0 aromatic carbocycles. The van der Waals surface area contributed by atoms with Crippen LogP contribution < -0.4 is 11.1 Å². The van der Waals surface area contributed by atoms with E-state index < -0.39 is 5.54 Å². The van der Waals surface area contributed by atoms with Crippen LogP contribution in [0.25, 0.3) is 0 Å². The molecule has 0 radical (unpaired) electrons. The third-order valence-corrected chi connectivity index (χ3v) is 1.68. The molecule has 72 valence electrons. The summed E-state index contributed by atoms with van der Waals surface area (Å²) in [5.74, 6) is -0.0801. The first-order valence-electron chi connectivity index (χ1n) is 4.47. The first-order chi connectivity index (χ1) is 5.38. The summed E-state index contributed by atoms with van der Waals surface area (Å²) in [5.41, 5.74) is 4.85. The van der Waals surface area contributed by atoms with Gasteiger partial charge in [0.2, 0.25) is 5.91 Å². The van der Waals surface area contributed by atoms with Crippen LogP contribution in [0.3, 0.4) is 0 Å². The number of hydrogen-bond acceptors (Lipinski definition) is 2. The van der Waals surface area contributed by atoms with Crippen molar-refractivity contribution in [2.24, 2.45) is 5.73 Å². The van der Waals surface area contributed by atoms with Gasteiger partial charge in [-0.1, -0.05) is 13.3 Å². The molecule has 1 unspecified atom stereocenters. The molecule has 0 heterocycles. The molecule has 0 saturated carbocycles. The van der Waals surface area contributed by atoms with Gasteiger partial charge in [-0.15, -0.1) is 0 Å². The zero-order valence-electron chi connectivity index (χ0n) is 8.48. The van der Waals surface area contributed by atoms with Crippen molar-refractivity contribution >= 4 is 5.91 Å². The number of hydrogen-bond donors (Lipinski definition) is 2. The zero-order valence-corrected chi connectivity index (χ0v) is 8.48. The van der Waals surface area contributed by atoms with Gasteiger partial charge in [0.25, 0.3) is 0 Å². The lowest BCUT2D eigenvalue weighted by Crippen LogP contribution is -2.51. The smallest absolute Gasteiger partial charge is 0.239 e. The molecule has 0 fully saturated rings. The predicted molar refractivity (Wildman–Crippen MR) is 50.8 cm³/mol. The second kappa shape index (κ2) is 4.45. The van der Waals surface area contributed by atoms with Gasteiger partial charge in [-0.25, -0.2) is 0 Å². The maximum Gasteiger partial charge on any atom is 0.239 e. The molecular formula is C9H20N2O. The van der Waals surface area contributed by atoms with E-state index in [1.165, 1.54) is 0 Å². The summed E-state index contributed by atoms with van der Waals surface area (Å²) in [6.45, 7) is 7.51. The fourth-order valence-electron chi connectivity index (χ4n) is 0.915. The average Bonchev–Trinajstić information content (AvgIpc) is 1.85. The largest absolute Gasteiger partial charge is 0.352 e. The fraction of sp³-hybridized carbons (Fsp3) is 0.889. The molecule has 3 N–H and O–H groups in total. The summed E-state index contributed by atoms with van der Waals surface area (Å²) in [7, 11) is 0. The van der Waals surface area contributed by atoms with Gasteiger partial charge in [-0.2, -0.15) is 0 Å². The van der Waals surface area contributed by atoms with Crippen molar-refractivity contribution in [1.82, 2.24) is 5.32 Å². The van der Waals surface area contributed by atoms with E-state index in [0.29, 0.717) is 0 Å². The minimum absolute atomic E-state index is 0.0801. The van der Waals surface area contributed by atoms with Crippen LogP contribution in [0.2, 0.25) is 0 Å². The van der Waals surface area contributed by atoms with E-state index >= 15 is 0 Å². The maximum absolute atomic E-state index is 11.3. The van der Waals surface area contributed by atoms with Crippen LogP contribution >= 0.6 is 0 Å². The number of amides is 1. The lowest BCUT2D eigenvalue weighted by atomic mass is 10.1. The SMILES string of the molecule is CCCC(C)NC(=O)C(C)(C)N. The van der Waals surface area contributed by atoms with Crippen molar-refractivity contribution < 1.29 is 4.79 Å². The summed E-state index contributed by atoms with van der Waals surface area (Å²) in [4.78, 5) is 11.3.